The Bertz CT molecular complexity index is 906. The van der Waals surface area contributed by atoms with Gasteiger partial charge in [0.1, 0.15) is 5.75 Å². The minimum absolute atomic E-state index is 0.122. The number of ketones is 1. The van der Waals surface area contributed by atoms with Crippen LogP contribution in [0.1, 0.15) is 29.8 Å². The van der Waals surface area contributed by atoms with E-state index in [1.807, 2.05) is 12.1 Å². The summed E-state index contributed by atoms with van der Waals surface area (Å²) in [7, 11) is 1.65. The number of hydrogen-bond donors (Lipinski definition) is 0. The molecule has 0 radical (unpaired) electrons. The molecule has 2 aromatic rings. The molecule has 0 amide bonds. The van der Waals surface area contributed by atoms with Crippen molar-refractivity contribution in [3.63, 3.8) is 0 Å². The predicted octanol–water partition coefficient (Wildman–Crippen LogP) is 3.39. The van der Waals surface area contributed by atoms with Gasteiger partial charge in [-0.1, -0.05) is 12.1 Å². The lowest BCUT2D eigenvalue weighted by atomic mass is 10.1. The molecule has 0 aromatic heterocycles. The average molecular weight is 428 g/mol. The van der Waals surface area contributed by atoms with E-state index in [4.69, 9.17) is 9.47 Å². The van der Waals surface area contributed by atoms with Gasteiger partial charge in [0, 0.05) is 44.4 Å². The fraction of sp³-hybridized carbons (Fsp3) is 0.435. The molecule has 1 aliphatic heterocycles. The van der Waals surface area contributed by atoms with Crippen LogP contribution >= 0.6 is 0 Å². The summed E-state index contributed by atoms with van der Waals surface area (Å²) in [5.74, 6) is 0.905. The third-order valence-electron chi connectivity index (χ3n) is 5.24. The van der Waals surface area contributed by atoms with E-state index in [0.29, 0.717) is 5.56 Å². The Morgan fingerprint density at radius 2 is 1.71 bits per heavy atom. The molecule has 8 nitrogen and oxygen atoms in total. The molecule has 1 aliphatic rings. The molecule has 0 N–H and O–H groups in total. The number of hydrogen-bond acceptors (Lipinski definition) is 7. The summed E-state index contributed by atoms with van der Waals surface area (Å²) in [6.07, 6.45) is -0.186. The van der Waals surface area contributed by atoms with Crippen molar-refractivity contribution < 1.29 is 19.2 Å². The van der Waals surface area contributed by atoms with Crippen LogP contribution < -0.4 is 9.47 Å². The fourth-order valence-electron chi connectivity index (χ4n) is 3.58. The van der Waals surface area contributed by atoms with Crippen molar-refractivity contribution in [2.75, 3.05) is 39.8 Å². The average Bonchev–Trinajstić information content (AvgIpc) is 2.75. The number of nitro benzene ring substituents is 1. The number of Topliss-reactive ketones (excluding diaryl/α,β-unsaturated/α-hetero) is 1. The molecule has 1 heterocycles. The normalized spacial score (nSPS) is 15.1. The smallest absolute Gasteiger partial charge is 0.311 e. The lowest BCUT2D eigenvalue weighted by Gasteiger charge is -2.34. The fourth-order valence-corrected chi connectivity index (χ4v) is 3.58. The minimum atomic E-state index is -0.508. The largest absolute Gasteiger partial charge is 0.497 e. The van der Waals surface area contributed by atoms with E-state index in [-0.39, 0.29) is 29.9 Å². The Morgan fingerprint density at radius 1 is 1.06 bits per heavy atom. The zero-order chi connectivity index (χ0) is 22.4. The highest BCUT2D eigenvalue weighted by Crippen LogP contribution is 2.29. The number of carbonyl (C=O) groups excluding carboxylic acids is 1. The summed E-state index contributed by atoms with van der Waals surface area (Å²) in [6, 6.07) is 12.5. The molecule has 31 heavy (non-hydrogen) atoms. The van der Waals surface area contributed by atoms with Crippen LogP contribution in [0.2, 0.25) is 0 Å². The van der Waals surface area contributed by atoms with Gasteiger partial charge in [0.05, 0.1) is 24.7 Å². The number of carbonyl (C=O) groups is 1. The van der Waals surface area contributed by atoms with Crippen LogP contribution in [0.3, 0.4) is 0 Å². The molecule has 0 saturated carbocycles. The maximum absolute atomic E-state index is 12.7. The molecule has 1 fully saturated rings. The van der Waals surface area contributed by atoms with Crippen molar-refractivity contribution in [1.29, 1.82) is 0 Å². The Kier molecular flexibility index (Phi) is 7.59. The van der Waals surface area contributed by atoms with Gasteiger partial charge in [0.25, 0.3) is 0 Å². The molecule has 3 rings (SSSR count). The zero-order valence-electron chi connectivity index (χ0n) is 18.2. The van der Waals surface area contributed by atoms with Gasteiger partial charge >= 0.3 is 5.69 Å². The van der Waals surface area contributed by atoms with Crippen molar-refractivity contribution >= 4 is 11.5 Å². The summed E-state index contributed by atoms with van der Waals surface area (Å²) < 4.78 is 10.7. The van der Waals surface area contributed by atoms with Gasteiger partial charge in [-0.15, -0.1) is 0 Å². The zero-order valence-corrected chi connectivity index (χ0v) is 18.2. The number of nitrogens with zero attached hydrogens (tertiary/aromatic N) is 3. The highest BCUT2D eigenvalue weighted by Gasteiger charge is 2.23. The SMILES string of the molecule is COc1ccc(CN2CCN(CC(=O)c3ccc(OC(C)C)c([N+](=O)[O-])c3)CC2)cc1. The van der Waals surface area contributed by atoms with Crippen molar-refractivity contribution in [3.8, 4) is 11.5 Å². The molecule has 0 unspecified atom stereocenters. The molecule has 166 valence electrons. The van der Waals surface area contributed by atoms with E-state index in [9.17, 15) is 14.9 Å². The van der Waals surface area contributed by atoms with E-state index in [1.165, 1.54) is 17.7 Å². The molecular formula is C23H29N3O5. The van der Waals surface area contributed by atoms with E-state index >= 15 is 0 Å². The number of benzene rings is 2. The minimum Gasteiger partial charge on any atom is -0.497 e. The molecule has 8 heteroatoms. The number of ether oxygens (including phenoxy) is 2. The second-order valence-electron chi connectivity index (χ2n) is 7.93. The van der Waals surface area contributed by atoms with Crippen LogP contribution in [-0.4, -0.2) is 66.4 Å². The van der Waals surface area contributed by atoms with Gasteiger partial charge in [-0.3, -0.25) is 24.7 Å². The van der Waals surface area contributed by atoms with Crippen molar-refractivity contribution in [3.05, 3.63) is 63.7 Å². The molecule has 2 aromatic carbocycles. The first-order chi connectivity index (χ1) is 14.9. The van der Waals surface area contributed by atoms with Crippen LogP contribution in [0.5, 0.6) is 11.5 Å². The second-order valence-corrected chi connectivity index (χ2v) is 7.93. The monoisotopic (exact) mass is 427 g/mol. The molecule has 1 saturated heterocycles. The summed E-state index contributed by atoms with van der Waals surface area (Å²) in [4.78, 5) is 28.0. The van der Waals surface area contributed by atoms with Crippen LogP contribution in [0, 0.1) is 10.1 Å². The predicted molar refractivity (Wildman–Crippen MR) is 118 cm³/mol. The maximum Gasteiger partial charge on any atom is 0.311 e. The van der Waals surface area contributed by atoms with E-state index in [0.717, 1.165) is 38.5 Å². The Morgan fingerprint density at radius 3 is 2.29 bits per heavy atom. The van der Waals surface area contributed by atoms with Crippen LogP contribution in [0.25, 0.3) is 0 Å². The number of rotatable bonds is 9. The lowest BCUT2D eigenvalue weighted by Crippen LogP contribution is -2.47. The van der Waals surface area contributed by atoms with Crippen molar-refractivity contribution in [1.82, 2.24) is 9.80 Å². The summed E-state index contributed by atoms with van der Waals surface area (Å²) >= 11 is 0. The summed E-state index contributed by atoms with van der Waals surface area (Å²) in [6.45, 7) is 7.99. The van der Waals surface area contributed by atoms with E-state index in [1.54, 1.807) is 27.0 Å². The maximum atomic E-state index is 12.7. The Hall–Kier alpha value is -2.97. The van der Waals surface area contributed by atoms with Gasteiger partial charge in [-0.05, 0) is 43.7 Å². The highest BCUT2D eigenvalue weighted by molar-refractivity contribution is 5.98. The molecule has 0 aliphatic carbocycles. The third-order valence-corrected chi connectivity index (χ3v) is 5.24. The first-order valence-corrected chi connectivity index (χ1v) is 10.4. The van der Waals surface area contributed by atoms with Gasteiger partial charge in [0.2, 0.25) is 0 Å². The van der Waals surface area contributed by atoms with Gasteiger partial charge in [0.15, 0.2) is 11.5 Å². The van der Waals surface area contributed by atoms with Crippen LogP contribution in [-0.2, 0) is 6.54 Å². The van der Waals surface area contributed by atoms with Gasteiger partial charge in [-0.2, -0.15) is 0 Å². The number of piperazine rings is 1. The Balaban J connectivity index is 1.54. The molecule has 0 atom stereocenters. The summed E-state index contributed by atoms with van der Waals surface area (Å²) in [5.41, 5.74) is 1.38. The molecule has 0 spiro atoms. The van der Waals surface area contributed by atoms with E-state index < -0.39 is 4.92 Å². The topological polar surface area (TPSA) is 85.2 Å². The standard InChI is InChI=1S/C23H29N3O5/c1-17(2)31-23-9-6-19(14-21(23)26(28)29)22(27)16-25-12-10-24(11-13-25)15-18-4-7-20(30-3)8-5-18/h4-9,14,17H,10-13,15-16H2,1-3H3. The first kappa shape index (κ1) is 22.7. The van der Waals surface area contributed by atoms with Crippen molar-refractivity contribution in [2.45, 2.75) is 26.5 Å². The quantitative estimate of drug-likeness (QED) is 0.344. The second kappa shape index (κ2) is 10.4. The van der Waals surface area contributed by atoms with Crippen LogP contribution in [0.15, 0.2) is 42.5 Å². The van der Waals surface area contributed by atoms with E-state index in [2.05, 4.69) is 21.9 Å². The highest BCUT2D eigenvalue weighted by atomic mass is 16.6. The summed E-state index contributed by atoms with van der Waals surface area (Å²) in [5, 5.41) is 11.4. The third kappa shape index (κ3) is 6.26. The van der Waals surface area contributed by atoms with Gasteiger partial charge in [-0.25, -0.2) is 0 Å². The molecular weight excluding hydrogens is 398 g/mol. The molecule has 0 bridgehead atoms. The lowest BCUT2D eigenvalue weighted by molar-refractivity contribution is -0.386. The van der Waals surface area contributed by atoms with Crippen molar-refractivity contribution in [2.24, 2.45) is 0 Å². The number of methoxy groups -OCH3 is 1. The first-order valence-electron chi connectivity index (χ1n) is 10.4. The van der Waals surface area contributed by atoms with Gasteiger partial charge < -0.3 is 9.47 Å². The Labute approximate surface area is 182 Å². The number of nitro groups is 1. The van der Waals surface area contributed by atoms with Crippen LogP contribution in [0.4, 0.5) is 5.69 Å².